The Kier molecular flexibility index (Phi) is 6.74. The van der Waals surface area contributed by atoms with Gasteiger partial charge in [-0.2, -0.15) is 10.2 Å². The smallest absolute Gasteiger partial charge is 0.242 e. The monoisotopic (exact) mass is 579 g/mol. The van der Waals surface area contributed by atoms with Gasteiger partial charge in [0.25, 0.3) is 0 Å². The summed E-state index contributed by atoms with van der Waals surface area (Å²) in [4.78, 5) is 9.39. The molecule has 0 aliphatic heterocycles. The van der Waals surface area contributed by atoms with Crippen LogP contribution in [0.1, 0.15) is 22.3 Å². The van der Waals surface area contributed by atoms with E-state index in [1.54, 1.807) is 0 Å². The number of hydrogen-bond acceptors (Lipinski definition) is 8. The normalized spacial score (nSPS) is 11.1. The SMILES string of the molecule is Cc1cc(C#N)cc(C)c1Oc1nc(Nc2ccc(-c3cn(Cc4ccc5ccccc5c4)nn3)cc2)nc2ccsc12. The minimum Gasteiger partial charge on any atom is -0.437 e. The van der Waals surface area contributed by atoms with Gasteiger partial charge in [-0.3, -0.25) is 0 Å². The van der Waals surface area contributed by atoms with Crippen molar-refractivity contribution in [2.45, 2.75) is 20.4 Å². The first-order chi connectivity index (χ1) is 21.0. The maximum atomic E-state index is 9.30. The molecule has 0 aliphatic rings. The molecule has 7 rings (SSSR count). The van der Waals surface area contributed by atoms with Crippen LogP contribution in [0.15, 0.2) is 96.5 Å². The molecule has 0 atom stereocenters. The van der Waals surface area contributed by atoms with E-state index in [0.717, 1.165) is 38.3 Å². The van der Waals surface area contributed by atoms with Crippen molar-refractivity contribution in [2.75, 3.05) is 5.32 Å². The molecule has 0 amide bonds. The summed E-state index contributed by atoms with van der Waals surface area (Å²) in [5, 5.41) is 25.8. The van der Waals surface area contributed by atoms with Crippen LogP contribution in [0.5, 0.6) is 11.6 Å². The van der Waals surface area contributed by atoms with Gasteiger partial charge < -0.3 is 10.1 Å². The summed E-state index contributed by atoms with van der Waals surface area (Å²) in [7, 11) is 0. The summed E-state index contributed by atoms with van der Waals surface area (Å²) in [6, 6.07) is 30.5. The first kappa shape index (κ1) is 26.3. The van der Waals surface area contributed by atoms with Gasteiger partial charge in [-0.05, 0) is 83.1 Å². The molecular formula is C34H25N7OS. The van der Waals surface area contributed by atoms with Crippen LogP contribution < -0.4 is 10.1 Å². The third-order valence-corrected chi connectivity index (χ3v) is 8.09. The van der Waals surface area contributed by atoms with Crippen LogP contribution in [0.3, 0.4) is 0 Å². The van der Waals surface area contributed by atoms with Crippen LogP contribution in [0.4, 0.5) is 11.6 Å². The second-order valence-corrected chi connectivity index (χ2v) is 11.2. The minimum atomic E-state index is 0.430. The van der Waals surface area contributed by atoms with E-state index in [2.05, 4.69) is 63.1 Å². The molecule has 7 aromatic rings. The Morgan fingerprint density at radius 1 is 0.907 bits per heavy atom. The largest absolute Gasteiger partial charge is 0.437 e. The second kappa shape index (κ2) is 11.0. The number of ether oxygens (including phenoxy) is 1. The number of anilines is 2. The molecule has 208 valence electrons. The van der Waals surface area contributed by atoms with Crippen LogP contribution in [0.25, 0.3) is 32.2 Å². The van der Waals surface area contributed by atoms with Gasteiger partial charge in [-0.25, -0.2) is 9.67 Å². The third-order valence-electron chi connectivity index (χ3n) is 7.19. The average Bonchev–Trinajstić information content (AvgIpc) is 3.69. The number of nitrogens with one attached hydrogen (secondary N) is 1. The van der Waals surface area contributed by atoms with E-state index in [1.165, 1.54) is 27.7 Å². The van der Waals surface area contributed by atoms with E-state index < -0.39 is 0 Å². The number of aromatic nitrogens is 5. The molecule has 0 saturated carbocycles. The Bertz CT molecular complexity index is 2140. The molecule has 3 heterocycles. The number of nitriles is 1. The molecular weight excluding hydrogens is 554 g/mol. The maximum absolute atomic E-state index is 9.30. The zero-order chi connectivity index (χ0) is 29.3. The van der Waals surface area contributed by atoms with Gasteiger partial charge in [0.05, 0.1) is 29.9 Å². The maximum Gasteiger partial charge on any atom is 0.242 e. The number of thiophene rings is 1. The minimum absolute atomic E-state index is 0.430. The van der Waals surface area contributed by atoms with Gasteiger partial charge in [-0.1, -0.05) is 53.7 Å². The van der Waals surface area contributed by atoms with Gasteiger partial charge in [0.1, 0.15) is 16.1 Å². The first-order valence-electron chi connectivity index (χ1n) is 13.7. The Labute approximate surface area is 251 Å². The van der Waals surface area contributed by atoms with Crippen molar-refractivity contribution in [3.05, 3.63) is 119 Å². The second-order valence-electron chi connectivity index (χ2n) is 10.3. The molecule has 9 heteroatoms. The fourth-order valence-electron chi connectivity index (χ4n) is 5.12. The van der Waals surface area contributed by atoms with Gasteiger partial charge in [0, 0.05) is 11.3 Å². The molecule has 0 saturated heterocycles. The predicted octanol–water partition coefficient (Wildman–Crippen LogP) is 8.18. The Morgan fingerprint density at radius 3 is 2.49 bits per heavy atom. The number of fused-ring (bicyclic) bond motifs is 2. The summed E-state index contributed by atoms with van der Waals surface area (Å²) >= 11 is 1.52. The van der Waals surface area contributed by atoms with E-state index >= 15 is 0 Å². The summed E-state index contributed by atoms with van der Waals surface area (Å²) < 4.78 is 9.04. The van der Waals surface area contributed by atoms with Crippen molar-refractivity contribution >= 4 is 44.0 Å². The number of rotatable bonds is 7. The predicted molar refractivity (Wildman–Crippen MR) is 170 cm³/mol. The van der Waals surface area contributed by atoms with Crippen molar-refractivity contribution in [1.29, 1.82) is 5.26 Å². The van der Waals surface area contributed by atoms with Crippen molar-refractivity contribution in [3.63, 3.8) is 0 Å². The Hall–Kier alpha value is -5.59. The molecule has 0 aliphatic carbocycles. The van der Waals surface area contributed by atoms with Crippen molar-refractivity contribution in [1.82, 2.24) is 25.0 Å². The van der Waals surface area contributed by atoms with Crippen LogP contribution in [-0.4, -0.2) is 25.0 Å². The quantitative estimate of drug-likeness (QED) is 0.203. The highest BCUT2D eigenvalue weighted by Crippen LogP contribution is 2.36. The zero-order valence-electron chi connectivity index (χ0n) is 23.4. The van der Waals surface area contributed by atoms with Gasteiger partial charge in [-0.15, -0.1) is 16.4 Å². The molecule has 0 radical (unpaired) electrons. The fraction of sp³-hybridized carbons (Fsp3) is 0.0882. The van der Waals surface area contributed by atoms with Gasteiger partial charge in [0.15, 0.2) is 0 Å². The van der Waals surface area contributed by atoms with Gasteiger partial charge in [0.2, 0.25) is 11.8 Å². The molecule has 43 heavy (non-hydrogen) atoms. The van der Waals surface area contributed by atoms with Crippen molar-refractivity contribution < 1.29 is 4.74 Å². The van der Waals surface area contributed by atoms with E-state index in [1.807, 2.05) is 78.6 Å². The first-order valence-corrected chi connectivity index (χ1v) is 14.6. The summed E-state index contributed by atoms with van der Waals surface area (Å²) in [6.45, 7) is 4.50. The lowest BCUT2D eigenvalue weighted by Crippen LogP contribution is -2.00. The lowest BCUT2D eigenvalue weighted by atomic mass is 10.1. The molecule has 0 spiro atoms. The molecule has 0 unspecified atom stereocenters. The fourth-order valence-corrected chi connectivity index (χ4v) is 5.88. The number of nitrogens with zero attached hydrogens (tertiary/aromatic N) is 6. The number of aryl methyl sites for hydroxylation is 2. The summed E-state index contributed by atoms with van der Waals surface area (Å²) in [5.74, 6) is 1.59. The highest BCUT2D eigenvalue weighted by atomic mass is 32.1. The molecule has 0 fully saturated rings. The van der Waals surface area contributed by atoms with E-state index in [4.69, 9.17) is 9.72 Å². The highest BCUT2D eigenvalue weighted by molar-refractivity contribution is 7.17. The van der Waals surface area contributed by atoms with Crippen molar-refractivity contribution in [3.8, 4) is 29.0 Å². The summed E-state index contributed by atoms with van der Waals surface area (Å²) in [5.41, 5.74) is 6.90. The number of hydrogen-bond donors (Lipinski definition) is 1. The molecule has 4 aromatic carbocycles. The molecule has 8 nitrogen and oxygen atoms in total. The van der Waals surface area contributed by atoms with Crippen LogP contribution in [0.2, 0.25) is 0 Å². The summed E-state index contributed by atoms with van der Waals surface area (Å²) in [6.07, 6.45) is 1.96. The standard InChI is InChI=1S/C34H25N7OS/c1-21-15-24(18-35)16-22(2)31(21)42-33-32-29(13-14-43-32)37-34(38-33)36-28-11-9-26(10-12-28)30-20-41(40-39-30)19-23-7-8-25-5-3-4-6-27(25)17-23/h3-17,20H,19H2,1-2H3,(H,36,37,38). The lowest BCUT2D eigenvalue weighted by molar-refractivity contribution is 0.463. The zero-order valence-corrected chi connectivity index (χ0v) is 24.3. The Balaban J connectivity index is 1.09. The molecule has 3 aromatic heterocycles. The third kappa shape index (κ3) is 5.39. The topological polar surface area (TPSA) is 102 Å². The van der Waals surface area contributed by atoms with Crippen LogP contribution >= 0.6 is 11.3 Å². The van der Waals surface area contributed by atoms with Crippen LogP contribution in [0, 0.1) is 25.2 Å². The molecule has 1 N–H and O–H groups in total. The molecule has 0 bridgehead atoms. The Morgan fingerprint density at radius 2 is 1.70 bits per heavy atom. The van der Waals surface area contributed by atoms with E-state index in [0.29, 0.717) is 29.7 Å². The highest BCUT2D eigenvalue weighted by Gasteiger charge is 2.15. The van der Waals surface area contributed by atoms with E-state index in [-0.39, 0.29) is 0 Å². The van der Waals surface area contributed by atoms with Crippen molar-refractivity contribution in [2.24, 2.45) is 0 Å². The van der Waals surface area contributed by atoms with E-state index in [9.17, 15) is 5.26 Å². The average molecular weight is 580 g/mol. The van der Waals surface area contributed by atoms with Gasteiger partial charge >= 0.3 is 0 Å². The van der Waals surface area contributed by atoms with Crippen LogP contribution in [-0.2, 0) is 6.54 Å². The lowest BCUT2D eigenvalue weighted by Gasteiger charge is -2.13. The number of benzene rings is 4.